The van der Waals surface area contributed by atoms with Crippen molar-refractivity contribution in [1.82, 2.24) is 5.01 Å². The Kier molecular flexibility index (Phi) is 10.9. The van der Waals surface area contributed by atoms with Crippen LogP contribution in [0.15, 0.2) is 65.9 Å². The van der Waals surface area contributed by atoms with E-state index >= 15 is 0 Å². The maximum absolute atomic E-state index is 10.9. The number of aryl methyl sites for hydroxylation is 1. The molecule has 0 unspecified atom stereocenters. The van der Waals surface area contributed by atoms with Crippen molar-refractivity contribution < 1.29 is 4.74 Å². The third-order valence-electron chi connectivity index (χ3n) is 4.63. The van der Waals surface area contributed by atoms with Crippen LogP contribution in [0.1, 0.15) is 49.7 Å². The van der Waals surface area contributed by atoms with E-state index < -0.39 is 0 Å². The fraction of sp³-hybridized carbons (Fsp3) is 0.478. The average molecular weight is 369 g/mol. The molecule has 0 fully saturated rings. The summed E-state index contributed by atoms with van der Waals surface area (Å²) in [6, 6.07) is 20.6. The van der Waals surface area contributed by atoms with E-state index in [2.05, 4.69) is 35.6 Å². The monoisotopic (exact) mass is 368 g/mol. The Morgan fingerprint density at radius 2 is 1.30 bits per heavy atom. The van der Waals surface area contributed by atoms with Crippen molar-refractivity contribution in [2.45, 2.75) is 51.5 Å². The highest BCUT2D eigenvalue weighted by molar-refractivity contribution is 5.15. The van der Waals surface area contributed by atoms with Crippen molar-refractivity contribution >= 4 is 0 Å². The molecule has 2 aromatic rings. The van der Waals surface area contributed by atoms with Crippen molar-refractivity contribution in [2.24, 2.45) is 5.29 Å². The number of rotatable bonds is 15. The van der Waals surface area contributed by atoms with Crippen LogP contribution in [0.25, 0.3) is 0 Å². The predicted molar refractivity (Wildman–Crippen MR) is 111 cm³/mol. The van der Waals surface area contributed by atoms with Gasteiger partial charge in [-0.15, -0.1) is 4.91 Å². The molecule has 27 heavy (non-hydrogen) atoms. The van der Waals surface area contributed by atoms with Gasteiger partial charge < -0.3 is 4.74 Å². The fourth-order valence-corrected chi connectivity index (χ4v) is 3.07. The van der Waals surface area contributed by atoms with Gasteiger partial charge in [0.1, 0.15) is 0 Å². The van der Waals surface area contributed by atoms with E-state index in [9.17, 15) is 4.91 Å². The Morgan fingerprint density at radius 1 is 0.704 bits per heavy atom. The summed E-state index contributed by atoms with van der Waals surface area (Å²) in [7, 11) is 0. The van der Waals surface area contributed by atoms with Crippen LogP contribution >= 0.6 is 0 Å². The summed E-state index contributed by atoms with van der Waals surface area (Å²) >= 11 is 0. The zero-order chi connectivity index (χ0) is 19.0. The van der Waals surface area contributed by atoms with Gasteiger partial charge in [0.05, 0.1) is 11.8 Å². The third-order valence-corrected chi connectivity index (χ3v) is 4.63. The lowest BCUT2D eigenvalue weighted by Gasteiger charge is -2.15. The van der Waals surface area contributed by atoms with Crippen LogP contribution in [-0.4, -0.2) is 24.8 Å². The Balaban J connectivity index is 1.39. The largest absolute Gasteiger partial charge is 0.381 e. The van der Waals surface area contributed by atoms with Gasteiger partial charge in [-0.3, -0.25) is 5.01 Å². The van der Waals surface area contributed by atoms with Crippen molar-refractivity contribution in [3.8, 4) is 0 Å². The molecule has 0 aliphatic rings. The summed E-state index contributed by atoms with van der Waals surface area (Å²) in [5.74, 6) is 0. The summed E-state index contributed by atoms with van der Waals surface area (Å²) in [5.41, 5.74) is 2.53. The molecule has 0 bridgehead atoms. The maximum atomic E-state index is 10.9. The molecule has 0 heterocycles. The van der Waals surface area contributed by atoms with Crippen molar-refractivity contribution in [1.29, 1.82) is 0 Å². The minimum atomic E-state index is 0.594. The van der Waals surface area contributed by atoms with Crippen molar-refractivity contribution in [3.05, 3.63) is 76.7 Å². The van der Waals surface area contributed by atoms with Gasteiger partial charge in [-0.2, -0.15) is 0 Å². The van der Waals surface area contributed by atoms with Crippen LogP contribution in [0.3, 0.4) is 0 Å². The number of hydrogen-bond acceptors (Lipinski definition) is 3. The Labute approximate surface area is 163 Å². The lowest BCUT2D eigenvalue weighted by atomic mass is 10.1. The number of ether oxygens (including phenoxy) is 1. The van der Waals surface area contributed by atoms with E-state index in [4.69, 9.17) is 4.74 Å². The predicted octanol–water partition coefficient (Wildman–Crippen LogP) is 5.77. The molecule has 2 rings (SSSR count). The SMILES string of the molecule is O=NN(CCCCCCOCCCCc1ccccc1)Cc1ccccc1. The second kappa shape index (κ2) is 13.9. The van der Waals surface area contributed by atoms with Crippen molar-refractivity contribution in [2.75, 3.05) is 19.8 Å². The molecular formula is C23H32N2O2. The van der Waals surface area contributed by atoms with Gasteiger partial charge in [0, 0.05) is 19.8 Å². The highest BCUT2D eigenvalue weighted by Gasteiger charge is 2.03. The summed E-state index contributed by atoms with van der Waals surface area (Å²) in [6.07, 6.45) is 7.77. The fourth-order valence-electron chi connectivity index (χ4n) is 3.07. The van der Waals surface area contributed by atoms with Crippen LogP contribution in [0.2, 0.25) is 0 Å². The molecule has 0 atom stereocenters. The quantitative estimate of drug-likeness (QED) is 0.228. The van der Waals surface area contributed by atoms with Crippen LogP contribution in [0.5, 0.6) is 0 Å². The van der Waals surface area contributed by atoms with E-state index in [1.807, 2.05) is 30.3 Å². The van der Waals surface area contributed by atoms with Gasteiger partial charge >= 0.3 is 0 Å². The van der Waals surface area contributed by atoms with Crippen LogP contribution in [0, 0.1) is 4.91 Å². The molecule has 0 saturated heterocycles. The number of benzene rings is 2. The van der Waals surface area contributed by atoms with E-state index in [-0.39, 0.29) is 0 Å². The smallest absolute Gasteiger partial charge is 0.0642 e. The van der Waals surface area contributed by atoms with E-state index in [0.717, 1.165) is 63.8 Å². The molecule has 0 radical (unpaired) electrons. The number of nitroso groups, excluding NO2 is 1. The molecule has 0 amide bonds. The molecule has 0 saturated carbocycles. The van der Waals surface area contributed by atoms with Gasteiger partial charge in [0.15, 0.2) is 0 Å². The zero-order valence-corrected chi connectivity index (χ0v) is 16.3. The summed E-state index contributed by atoms with van der Waals surface area (Å²) in [6.45, 7) is 3.01. The summed E-state index contributed by atoms with van der Waals surface area (Å²) in [5, 5.41) is 4.75. The first-order valence-corrected chi connectivity index (χ1v) is 10.1. The first-order valence-electron chi connectivity index (χ1n) is 10.1. The van der Waals surface area contributed by atoms with Crippen LogP contribution < -0.4 is 0 Å². The van der Waals surface area contributed by atoms with E-state index in [0.29, 0.717) is 6.54 Å². The minimum Gasteiger partial charge on any atom is -0.381 e. The normalized spacial score (nSPS) is 10.7. The highest BCUT2D eigenvalue weighted by atomic mass is 16.5. The molecule has 4 nitrogen and oxygen atoms in total. The second-order valence-corrected chi connectivity index (χ2v) is 6.92. The highest BCUT2D eigenvalue weighted by Crippen LogP contribution is 2.08. The number of nitrogens with zero attached hydrogens (tertiary/aromatic N) is 2. The Bertz CT molecular complexity index is 604. The van der Waals surface area contributed by atoms with Gasteiger partial charge in [-0.1, -0.05) is 73.5 Å². The summed E-state index contributed by atoms with van der Waals surface area (Å²) in [4.78, 5) is 10.9. The maximum Gasteiger partial charge on any atom is 0.0642 e. The van der Waals surface area contributed by atoms with Crippen LogP contribution in [0.4, 0.5) is 0 Å². The molecule has 0 aromatic heterocycles. The molecule has 2 aromatic carbocycles. The molecule has 0 aliphatic carbocycles. The van der Waals surface area contributed by atoms with Crippen molar-refractivity contribution in [3.63, 3.8) is 0 Å². The molecule has 4 heteroatoms. The van der Waals surface area contributed by atoms with Gasteiger partial charge in [0.2, 0.25) is 0 Å². The second-order valence-electron chi connectivity index (χ2n) is 6.92. The third kappa shape index (κ3) is 9.90. The number of hydrogen-bond donors (Lipinski definition) is 0. The standard InChI is InChI=1S/C23H32N2O2/c26-24-25(21-23-16-7-4-8-17-23)18-10-1-2-11-19-27-20-12-9-15-22-13-5-3-6-14-22/h3-8,13-14,16-17H,1-2,9-12,15,18-21H2. The average Bonchev–Trinajstić information content (AvgIpc) is 2.72. The molecule has 0 aliphatic heterocycles. The molecule has 146 valence electrons. The Morgan fingerprint density at radius 3 is 1.96 bits per heavy atom. The lowest BCUT2D eigenvalue weighted by molar-refractivity contribution is 0.126. The minimum absolute atomic E-state index is 0.594. The van der Waals surface area contributed by atoms with Crippen LogP contribution in [-0.2, 0) is 17.7 Å². The molecule has 0 N–H and O–H groups in total. The van der Waals surface area contributed by atoms with Gasteiger partial charge in [-0.25, -0.2) is 0 Å². The lowest BCUT2D eigenvalue weighted by Crippen LogP contribution is -2.17. The van der Waals surface area contributed by atoms with Gasteiger partial charge in [-0.05, 0) is 43.2 Å². The first-order chi connectivity index (χ1) is 13.4. The summed E-state index contributed by atoms with van der Waals surface area (Å²) < 4.78 is 5.72. The van der Waals surface area contributed by atoms with E-state index in [1.54, 1.807) is 5.01 Å². The first kappa shape index (κ1) is 21.1. The Hall–Kier alpha value is -2.20. The molecular weight excluding hydrogens is 336 g/mol. The van der Waals surface area contributed by atoms with E-state index in [1.165, 1.54) is 12.0 Å². The molecule has 0 spiro atoms. The topological polar surface area (TPSA) is 41.9 Å². The van der Waals surface area contributed by atoms with Gasteiger partial charge in [0.25, 0.3) is 0 Å². The number of unbranched alkanes of at least 4 members (excludes halogenated alkanes) is 4. The zero-order valence-electron chi connectivity index (χ0n) is 16.3.